The first-order chi connectivity index (χ1) is 11.5. The van der Waals surface area contributed by atoms with E-state index in [4.69, 9.17) is 23.7 Å². The zero-order valence-electron chi connectivity index (χ0n) is 14.2. The highest BCUT2D eigenvalue weighted by Crippen LogP contribution is 2.42. The molecule has 0 bridgehead atoms. The third kappa shape index (κ3) is 2.84. The maximum Gasteiger partial charge on any atom is 0.225 e. The fourth-order valence-corrected chi connectivity index (χ4v) is 3.56. The van der Waals surface area contributed by atoms with Gasteiger partial charge in [-0.3, -0.25) is 0 Å². The average Bonchev–Trinajstić information content (AvgIpc) is 3.07. The SMILES string of the molecule is CC1=N[C@]2(CO1)OC[C@H]1OC(C)(C)O[C@H]1[C@@H]2OCc1ccccc1. The molecule has 1 spiro atoms. The van der Waals surface area contributed by atoms with Crippen molar-refractivity contribution in [1.82, 2.24) is 0 Å². The molecule has 6 heteroatoms. The quantitative estimate of drug-likeness (QED) is 0.849. The van der Waals surface area contributed by atoms with Crippen LogP contribution in [0.15, 0.2) is 35.3 Å². The van der Waals surface area contributed by atoms with E-state index in [2.05, 4.69) is 4.99 Å². The number of nitrogens with zero attached hydrogens (tertiary/aromatic N) is 1. The normalized spacial score (nSPS) is 37.1. The second kappa shape index (κ2) is 5.81. The first-order valence-electron chi connectivity index (χ1n) is 8.32. The summed E-state index contributed by atoms with van der Waals surface area (Å²) in [7, 11) is 0. The maximum atomic E-state index is 6.25. The van der Waals surface area contributed by atoms with Gasteiger partial charge in [0.1, 0.15) is 24.9 Å². The van der Waals surface area contributed by atoms with Gasteiger partial charge >= 0.3 is 0 Å². The minimum Gasteiger partial charge on any atom is -0.476 e. The third-order valence-corrected chi connectivity index (χ3v) is 4.57. The molecule has 2 saturated heterocycles. The lowest BCUT2D eigenvalue weighted by atomic mass is 9.95. The summed E-state index contributed by atoms with van der Waals surface area (Å²) in [6.07, 6.45) is -0.797. The van der Waals surface area contributed by atoms with E-state index in [9.17, 15) is 0 Å². The predicted octanol–water partition coefficient (Wildman–Crippen LogP) is 2.27. The van der Waals surface area contributed by atoms with E-state index in [1.165, 1.54) is 0 Å². The topological polar surface area (TPSA) is 58.5 Å². The van der Waals surface area contributed by atoms with Crippen LogP contribution >= 0.6 is 0 Å². The van der Waals surface area contributed by atoms with Gasteiger partial charge in [-0.1, -0.05) is 30.3 Å². The van der Waals surface area contributed by atoms with E-state index in [0.29, 0.717) is 25.7 Å². The van der Waals surface area contributed by atoms with E-state index < -0.39 is 17.6 Å². The summed E-state index contributed by atoms with van der Waals surface area (Å²) in [5.41, 5.74) is 0.233. The molecule has 0 unspecified atom stereocenters. The third-order valence-electron chi connectivity index (χ3n) is 4.57. The molecule has 4 atom stereocenters. The average molecular weight is 333 g/mol. The summed E-state index contributed by atoms with van der Waals surface area (Å²) in [6, 6.07) is 10.0. The van der Waals surface area contributed by atoms with Crippen molar-refractivity contribution in [2.24, 2.45) is 4.99 Å². The zero-order chi connectivity index (χ0) is 16.8. The highest BCUT2D eigenvalue weighted by Gasteiger charge is 2.60. The number of hydrogen-bond donors (Lipinski definition) is 0. The van der Waals surface area contributed by atoms with Gasteiger partial charge in [0.25, 0.3) is 0 Å². The van der Waals surface area contributed by atoms with E-state index in [-0.39, 0.29) is 12.2 Å². The summed E-state index contributed by atoms with van der Waals surface area (Å²) in [6.45, 7) is 6.86. The summed E-state index contributed by atoms with van der Waals surface area (Å²) in [5, 5.41) is 0. The first kappa shape index (κ1) is 16.0. The number of rotatable bonds is 3. The molecule has 24 heavy (non-hydrogen) atoms. The molecular weight excluding hydrogens is 310 g/mol. The van der Waals surface area contributed by atoms with Crippen molar-refractivity contribution in [3.63, 3.8) is 0 Å². The van der Waals surface area contributed by atoms with Gasteiger partial charge in [0.15, 0.2) is 11.7 Å². The second-order valence-corrected chi connectivity index (χ2v) is 6.93. The molecule has 3 heterocycles. The summed E-state index contributed by atoms with van der Waals surface area (Å²) in [5.74, 6) is -0.0449. The van der Waals surface area contributed by atoms with Crippen molar-refractivity contribution in [3.8, 4) is 0 Å². The number of benzene rings is 1. The minimum atomic E-state index is -0.857. The Hall–Kier alpha value is -1.47. The molecule has 0 aliphatic carbocycles. The molecular formula is C18H23NO5. The molecule has 3 aliphatic rings. The Balaban J connectivity index is 1.59. The van der Waals surface area contributed by atoms with Crippen LogP contribution in [0.5, 0.6) is 0 Å². The second-order valence-electron chi connectivity index (χ2n) is 6.93. The standard InChI is InChI=1S/C18H23NO5/c1-12-19-18(11-21-12)16(20-9-13-7-5-4-6-8-13)15-14(10-22-18)23-17(2,3)24-15/h4-8,14-16H,9-11H2,1-3H3/t14-,15-,16+,18-/m1/s1. The van der Waals surface area contributed by atoms with E-state index in [1.54, 1.807) is 0 Å². The van der Waals surface area contributed by atoms with Crippen molar-refractivity contribution in [1.29, 1.82) is 0 Å². The van der Waals surface area contributed by atoms with Crippen molar-refractivity contribution < 1.29 is 23.7 Å². The Bertz CT molecular complexity index is 632. The Kier molecular flexibility index (Phi) is 3.88. The van der Waals surface area contributed by atoms with Crippen molar-refractivity contribution >= 4 is 5.90 Å². The Morgan fingerprint density at radius 2 is 2.00 bits per heavy atom. The molecule has 3 aliphatic heterocycles. The fourth-order valence-electron chi connectivity index (χ4n) is 3.56. The van der Waals surface area contributed by atoms with Crippen molar-refractivity contribution in [3.05, 3.63) is 35.9 Å². The lowest BCUT2D eigenvalue weighted by molar-refractivity contribution is -0.230. The fraction of sp³-hybridized carbons (Fsp3) is 0.611. The molecule has 0 saturated carbocycles. The van der Waals surface area contributed by atoms with Crippen LogP contribution in [0.2, 0.25) is 0 Å². The molecule has 0 aromatic heterocycles. The van der Waals surface area contributed by atoms with Crippen molar-refractivity contribution in [2.75, 3.05) is 13.2 Å². The molecule has 1 aromatic carbocycles. The van der Waals surface area contributed by atoms with Crippen LogP contribution in [0.4, 0.5) is 0 Å². The molecule has 6 nitrogen and oxygen atoms in total. The number of ether oxygens (including phenoxy) is 5. The van der Waals surface area contributed by atoms with Crippen LogP contribution < -0.4 is 0 Å². The Labute approximate surface area is 141 Å². The van der Waals surface area contributed by atoms with Gasteiger partial charge < -0.3 is 23.7 Å². The molecule has 0 amide bonds. The first-order valence-corrected chi connectivity index (χ1v) is 8.32. The number of fused-ring (bicyclic) bond motifs is 1. The van der Waals surface area contributed by atoms with E-state index in [0.717, 1.165) is 5.56 Å². The van der Waals surface area contributed by atoms with Gasteiger partial charge in [-0.05, 0) is 19.4 Å². The summed E-state index contributed by atoms with van der Waals surface area (Å²) < 4.78 is 30.0. The van der Waals surface area contributed by atoms with Crippen LogP contribution in [0.25, 0.3) is 0 Å². The smallest absolute Gasteiger partial charge is 0.225 e. The van der Waals surface area contributed by atoms with Gasteiger partial charge in [0, 0.05) is 6.92 Å². The van der Waals surface area contributed by atoms with Gasteiger partial charge in [0.2, 0.25) is 5.72 Å². The number of aliphatic imine (C=N–C) groups is 1. The Morgan fingerprint density at radius 1 is 1.21 bits per heavy atom. The monoisotopic (exact) mass is 333 g/mol. The number of hydrogen-bond acceptors (Lipinski definition) is 6. The van der Waals surface area contributed by atoms with Gasteiger partial charge in [-0.2, -0.15) is 0 Å². The minimum absolute atomic E-state index is 0.164. The van der Waals surface area contributed by atoms with Gasteiger partial charge in [0.05, 0.1) is 13.2 Å². The summed E-state index contributed by atoms with van der Waals surface area (Å²) in [4.78, 5) is 4.59. The molecule has 4 rings (SSSR count). The Morgan fingerprint density at radius 3 is 2.71 bits per heavy atom. The van der Waals surface area contributed by atoms with Crippen LogP contribution in [0.1, 0.15) is 26.3 Å². The molecule has 0 radical (unpaired) electrons. The highest BCUT2D eigenvalue weighted by molar-refractivity contribution is 5.75. The highest BCUT2D eigenvalue weighted by atomic mass is 16.8. The molecule has 2 fully saturated rings. The summed E-state index contributed by atoms with van der Waals surface area (Å²) >= 11 is 0. The van der Waals surface area contributed by atoms with E-state index in [1.807, 2.05) is 51.1 Å². The molecule has 0 N–H and O–H groups in total. The van der Waals surface area contributed by atoms with Gasteiger partial charge in [-0.15, -0.1) is 0 Å². The lowest BCUT2D eigenvalue weighted by Crippen LogP contribution is -2.60. The predicted molar refractivity (Wildman–Crippen MR) is 86.6 cm³/mol. The maximum absolute atomic E-state index is 6.25. The zero-order valence-corrected chi connectivity index (χ0v) is 14.2. The van der Waals surface area contributed by atoms with Crippen molar-refractivity contribution in [2.45, 2.75) is 57.2 Å². The molecule has 1 aromatic rings. The lowest BCUT2D eigenvalue weighted by Gasteiger charge is -2.41. The molecule has 130 valence electrons. The largest absolute Gasteiger partial charge is 0.476 e. The van der Waals surface area contributed by atoms with Crippen LogP contribution in [0, 0.1) is 0 Å². The van der Waals surface area contributed by atoms with Crippen LogP contribution in [-0.2, 0) is 30.3 Å². The van der Waals surface area contributed by atoms with E-state index >= 15 is 0 Å². The van der Waals surface area contributed by atoms with Gasteiger partial charge in [-0.25, -0.2) is 4.99 Å². The van der Waals surface area contributed by atoms with Crippen LogP contribution in [0.3, 0.4) is 0 Å². The van der Waals surface area contributed by atoms with Crippen LogP contribution in [-0.4, -0.2) is 48.9 Å².